The van der Waals surface area contributed by atoms with Crippen LogP contribution in [0, 0.1) is 5.92 Å². The third-order valence-corrected chi connectivity index (χ3v) is 3.45. The van der Waals surface area contributed by atoms with Crippen molar-refractivity contribution in [3.63, 3.8) is 0 Å². The minimum absolute atomic E-state index is 0.0935. The molecule has 0 aliphatic heterocycles. The van der Waals surface area contributed by atoms with Crippen LogP contribution in [-0.2, 0) is 14.8 Å². The second kappa shape index (κ2) is 5.88. The molecular formula is C11H15N2O3S. The van der Waals surface area contributed by atoms with E-state index in [2.05, 4.69) is 9.71 Å². The normalized spacial score (nSPS) is 13.6. The van der Waals surface area contributed by atoms with Crippen LogP contribution in [0.4, 0.5) is 0 Å². The number of nitrogens with zero attached hydrogens (tertiary/aromatic N) is 1. The molecule has 0 aromatic carbocycles. The zero-order valence-corrected chi connectivity index (χ0v) is 10.6. The maximum absolute atomic E-state index is 11.8. The third-order valence-electron chi connectivity index (χ3n) is 2.06. The molecule has 5 nitrogen and oxygen atoms in total. The summed E-state index contributed by atoms with van der Waals surface area (Å²) in [5.74, 6) is 0.202. The Bertz CT molecular complexity index is 457. The fourth-order valence-electron chi connectivity index (χ4n) is 1.35. The summed E-state index contributed by atoms with van der Waals surface area (Å²) in [4.78, 5) is 14.4. The van der Waals surface area contributed by atoms with Crippen LogP contribution in [0.3, 0.4) is 0 Å². The molecule has 0 saturated carbocycles. The van der Waals surface area contributed by atoms with Crippen molar-refractivity contribution in [3.8, 4) is 0 Å². The summed E-state index contributed by atoms with van der Waals surface area (Å²) in [6, 6.07) is 3.74. The van der Waals surface area contributed by atoms with Crippen LogP contribution in [0.15, 0.2) is 29.4 Å². The Morgan fingerprint density at radius 1 is 1.41 bits per heavy atom. The molecule has 1 aromatic rings. The molecule has 1 radical (unpaired) electrons. The maximum atomic E-state index is 11.8. The molecule has 1 aromatic heterocycles. The second-order valence-corrected chi connectivity index (χ2v) is 5.75. The summed E-state index contributed by atoms with van der Waals surface area (Å²) in [6.45, 7) is 3.80. The first-order valence-corrected chi connectivity index (χ1v) is 6.75. The number of sulfonamides is 1. The SMILES string of the molecule is CC(C)C[C@@H]([C]=O)NS(=O)(=O)c1ccccn1. The molecule has 1 rings (SSSR count). The predicted octanol–water partition coefficient (Wildman–Crippen LogP) is 0.884. The van der Waals surface area contributed by atoms with Crippen molar-refractivity contribution in [1.82, 2.24) is 9.71 Å². The lowest BCUT2D eigenvalue weighted by Gasteiger charge is -2.13. The van der Waals surface area contributed by atoms with E-state index in [-0.39, 0.29) is 10.9 Å². The van der Waals surface area contributed by atoms with Crippen molar-refractivity contribution >= 4 is 16.3 Å². The second-order valence-electron chi connectivity index (χ2n) is 4.09. The zero-order chi connectivity index (χ0) is 12.9. The number of rotatable bonds is 6. The lowest BCUT2D eigenvalue weighted by atomic mass is 10.1. The van der Waals surface area contributed by atoms with E-state index in [0.29, 0.717) is 6.42 Å². The van der Waals surface area contributed by atoms with Crippen molar-refractivity contribution in [2.45, 2.75) is 31.3 Å². The monoisotopic (exact) mass is 255 g/mol. The first-order valence-electron chi connectivity index (χ1n) is 5.26. The van der Waals surface area contributed by atoms with E-state index < -0.39 is 16.1 Å². The van der Waals surface area contributed by atoms with Gasteiger partial charge in [0.1, 0.15) is 0 Å². The van der Waals surface area contributed by atoms with Crippen LogP contribution in [0.1, 0.15) is 20.3 Å². The molecule has 0 aliphatic carbocycles. The van der Waals surface area contributed by atoms with Crippen LogP contribution in [-0.4, -0.2) is 25.7 Å². The Balaban J connectivity index is 2.82. The van der Waals surface area contributed by atoms with Gasteiger partial charge in [-0.15, -0.1) is 0 Å². The number of hydrogen-bond acceptors (Lipinski definition) is 4. The van der Waals surface area contributed by atoms with Gasteiger partial charge < -0.3 is 0 Å². The van der Waals surface area contributed by atoms with Crippen molar-refractivity contribution in [3.05, 3.63) is 24.4 Å². The predicted molar refractivity (Wildman–Crippen MR) is 63.5 cm³/mol. The van der Waals surface area contributed by atoms with Gasteiger partial charge in [0.15, 0.2) is 5.03 Å². The molecule has 0 bridgehead atoms. The number of carbonyl (C=O) groups excluding carboxylic acids is 1. The number of hydrogen-bond donors (Lipinski definition) is 1. The summed E-state index contributed by atoms with van der Waals surface area (Å²) in [6.07, 6.45) is 3.49. The van der Waals surface area contributed by atoms with E-state index in [1.807, 2.05) is 13.8 Å². The molecule has 93 valence electrons. The molecule has 0 unspecified atom stereocenters. The molecule has 0 spiro atoms. The van der Waals surface area contributed by atoms with E-state index in [0.717, 1.165) is 0 Å². The number of aromatic nitrogens is 1. The van der Waals surface area contributed by atoms with Gasteiger partial charge in [-0.25, -0.2) is 13.4 Å². The van der Waals surface area contributed by atoms with Gasteiger partial charge in [0.2, 0.25) is 6.29 Å². The lowest BCUT2D eigenvalue weighted by Crippen LogP contribution is -2.37. The first kappa shape index (κ1) is 13.8. The molecule has 6 heteroatoms. The largest absolute Gasteiger partial charge is 0.289 e. The van der Waals surface area contributed by atoms with Crippen LogP contribution in [0.5, 0.6) is 0 Å². The summed E-state index contributed by atoms with van der Waals surface area (Å²) in [5.41, 5.74) is 0. The molecule has 1 heterocycles. The van der Waals surface area contributed by atoms with Crippen LogP contribution < -0.4 is 4.72 Å². The molecule has 1 atom stereocenters. The molecular weight excluding hydrogens is 240 g/mol. The van der Waals surface area contributed by atoms with Gasteiger partial charge in [0.05, 0.1) is 6.04 Å². The summed E-state index contributed by atoms with van der Waals surface area (Å²) >= 11 is 0. The Morgan fingerprint density at radius 3 is 2.59 bits per heavy atom. The van der Waals surface area contributed by atoms with Crippen LogP contribution in [0.2, 0.25) is 0 Å². The van der Waals surface area contributed by atoms with E-state index in [1.54, 1.807) is 18.4 Å². The van der Waals surface area contributed by atoms with Gasteiger partial charge in [-0.3, -0.25) is 4.79 Å². The summed E-state index contributed by atoms with van der Waals surface area (Å²) in [5, 5.41) is -0.0935. The average molecular weight is 255 g/mol. The highest BCUT2D eigenvalue weighted by Gasteiger charge is 2.21. The molecule has 1 N–H and O–H groups in total. The van der Waals surface area contributed by atoms with Gasteiger partial charge in [-0.1, -0.05) is 19.9 Å². The Kier molecular flexibility index (Phi) is 4.77. The number of nitrogens with one attached hydrogen (secondary N) is 1. The summed E-state index contributed by atoms with van der Waals surface area (Å²) in [7, 11) is -3.74. The van der Waals surface area contributed by atoms with Crippen molar-refractivity contribution in [1.29, 1.82) is 0 Å². The van der Waals surface area contributed by atoms with E-state index in [1.165, 1.54) is 12.3 Å². The highest BCUT2D eigenvalue weighted by atomic mass is 32.2. The average Bonchev–Trinajstić information content (AvgIpc) is 2.28. The highest BCUT2D eigenvalue weighted by molar-refractivity contribution is 7.89. The molecule has 17 heavy (non-hydrogen) atoms. The molecule has 0 fully saturated rings. The Morgan fingerprint density at radius 2 is 2.12 bits per heavy atom. The fraction of sp³-hybridized carbons (Fsp3) is 0.455. The van der Waals surface area contributed by atoms with E-state index in [9.17, 15) is 13.2 Å². The van der Waals surface area contributed by atoms with Crippen LogP contribution >= 0.6 is 0 Å². The Labute approximate surface area is 101 Å². The standard InChI is InChI=1S/C11H15N2O3S/c1-9(2)7-10(8-14)13-17(15,16)11-5-3-4-6-12-11/h3-6,9-10,13H,7H2,1-2H3/t10-/m0/s1. The third kappa shape index (κ3) is 4.24. The lowest BCUT2D eigenvalue weighted by molar-refractivity contribution is 0.483. The molecule has 0 saturated heterocycles. The van der Waals surface area contributed by atoms with Crippen molar-refractivity contribution in [2.24, 2.45) is 5.92 Å². The Hall–Kier alpha value is -1.27. The number of pyridine rings is 1. The molecule has 0 aliphatic rings. The zero-order valence-electron chi connectivity index (χ0n) is 9.75. The minimum Gasteiger partial charge on any atom is -0.289 e. The highest BCUT2D eigenvalue weighted by Crippen LogP contribution is 2.08. The summed E-state index contributed by atoms with van der Waals surface area (Å²) < 4.78 is 25.9. The van der Waals surface area contributed by atoms with Crippen molar-refractivity contribution in [2.75, 3.05) is 0 Å². The van der Waals surface area contributed by atoms with E-state index >= 15 is 0 Å². The smallest absolute Gasteiger partial charge is 0.258 e. The topological polar surface area (TPSA) is 76.1 Å². The van der Waals surface area contributed by atoms with Crippen molar-refractivity contribution < 1.29 is 13.2 Å². The van der Waals surface area contributed by atoms with E-state index in [4.69, 9.17) is 0 Å². The minimum atomic E-state index is -3.74. The van der Waals surface area contributed by atoms with Gasteiger partial charge in [0, 0.05) is 6.20 Å². The maximum Gasteiger partial charge on any atom is 0.258 e. The fourth-order valence-corrected chi connectivity index (χ4v) is 2.44. The first-order chi connectivity index (χ1) is 7.95. The van der Waals surface area contributed by atoms with Crippen LogP contribution in [0.25, 0.3) is 0 Å². The quantitative estimate of drug-likeness (QED) is 0.818. The van der Waals surface area contributed by atoms with Gasteiger partial charge in [-0.2, -0.15) is 4.72 Å². The van der Waals surface area contributed by atoms with Gasteiger partial charge in [0.25, 0.3) is 10.0 Å². The van der Waals surface area contributed by atoms with Gasteiger partial charge in [-0.05, 0) is 24.5 Å². The molecule has 0 amide bonds. The van der Waals surface area contributed by atoms with Gasteiger partial charge >= 0.3 is 0 Å².